The molecule has 0 saturated carbocycles. The molecule has 65 heavy (non-hydrogen) atoms. The van der Waals surface area contributed by atoms with E-state index in [1.165, 1.54) is 59.3 Å². The third kappa shape index (κ3) is 7.67. The normalized spacial score (nSPS) is 12.4. The Kier molecular flexibility index (Phi) is 10.5. The van der Waals surface area contributed by atoms with Gasteiger partial charge >= 0.3 is 0 Å². The minimum Gasteiger partial charge on any atom is -0.310 e. The molecule has 0 amide bonds. The van der Waals surface area contributed by atoms with Gasteiger partial charge in [0.05, 0.1) is 38.6 Å². The summed E-state index contributed by atoms with van der Waals surface area (Å²) in [6.07, 6.45) is 0. The molecule has 0 aliphatic carbocycles. The van der Waals surface area contributed by atoms with Crippen LogP contribution in [0.5, 0.6) is 0 Å². The van der Waals surface area contributed by atoms with Crippen LogP contribution in [0.3, 0.4) is 0 Å². The molecule has 9 aromatic carbocycles. The second-order valence-corrected chi connectivity index (χ2v) is 30.9. The van der Waals surface area contributed by atoms with Gasteiger partial charge in [0.2, 0.25) is 0 Å². The molecule has 1 heterocycles. The predicted octanol–water partition coefficient (Wildman–Crippen LogP) is 16.4. The minimum atomic E-state index is -1.52. The molecule has 0 aliphatic heterocycles. The van der Waals surface area contributed by atoms with Crippen LogP contribution in [0.15, 0.2) is 194 Å². The molecule has 0 aliphatic rings. The average molecular weight is 878 g/mol. The molecule has 0 bridgehead atoms. The molecule has 10 rings (SSSR count). The van der Waals surface area contributed by atoms with Crippen molar-refractivity contribution in [3.05, 3.63) is 200 Å². The first-order chi connectivity index (χ1) is 31.2. The summed E-state index contributed by atoms with van der Waals surface area (Å²) in [4.78, 5) is 4.93. The highest BCUT2D eigenvalue weighted by atomic mass is 28.3. The van der Waals surface area contributed by atoms with Gasteiger partial charge in [-0.05, 0) is 94.5 Å². The van der Waals surface area contributed by atoms with Crippen molar-refractivity contribution in [2.75, 3.05) is 9.80 Å². The Morgan fingerprint density at radius 2 is 0.708 bits per heavy atom. The number of aromatic nitrogens is 1. The Morgan fingerprint density at radius 3 is 1.06 bits per heavy atom. The Bertz CT molecular complexity index is 3140. The molecule has 0 atom stereocenters. The summed E-state index contributed by atoms with van der Waals surface area (Å²) in [7, 11) is -3.05. The van der Waals surface area contributed by atoms with Crippen molar-refractivity contribution >= 4 is 104 Å². The number of rotatable bonds is 9. The summed E-state index contributed by atoms with van der Waals surface area (Å²) in [5, 5.41) is 10.3. The van der Waals surface area contributed by atoms with Crippen molar-refractivity contribution in [1.82, 2.24) is 4.57 Å². The van der Waals surface area contributed by atoms with Crippen molar-refractivity contribution in [3.63, 3.8) is 0 Å². The number of nitrogens with zero attached hydrogens (tertiary/aromatic N) is 3. The second-order valence-electron chi connectivity index (χ2n) is 20.7. The van der Waals surface area contributed by atoms with E-state index in [9.17, 15) is 0 Å². The first kappa shape index (κ1) is 42.3. The van der Waals surface area contributed by atoms with Crippen LogP contribution in [0.1, 0.15) is 26.3 Å². The highest BCUT2D eigenvalue weighted by Gasteiger charge is 2.27. The molecule has 3 nitrogen and oxygen atoms in total. The number of anilines is 6. The van der Waals surface area contributed by atoms with Gasteiger partial charge in [-0.2, -0.15) is 0 Å². The topological polar surface area (TPSA) is 11.4 Å². The van der Waals surface area contributed by atoms with Crippen LogP contribution in [0.4, 0.5) is 34.1 Å². The molecular weight excluding hydrogens is 819 g/mol. The van der Waals surface area contributed by atoms with Crippen molar-refractivity contribution < 1.29 is 0 Å². The monoisotopic (exact) mass is 877 g/mol. The first-order valence-electron chi connectivity index (χ1n) is 23.1. The highest BCUT2D eigenvalue weighted by molar-refractivity contribution is 6.89. The van der Waals surface area contributed by atoms with Crippen LogP contribution in [0.25, 0.3) is 49.0 Å². The molecular formula is C60H59N3Si2. The van der Waals surface area contributed by atoms with Crippen LogP contribution < -0.4 is 20.2 Å². The van der Waals surface area contributed by atoms with Crippen LogP contribution >= 0.6 is 0 Å². The number of hydrogen-bond acceptors (Lipinski definition) is 2. The standard InChI is InChI=1S/C60H59N3Si2/c1-60(2,3)42-28-30-47(31-29-42)63-56-40-54(61(43-20-12-10-13-21-43)45-32-36-48(37-33-45)64(4,5)6)50-24-16-18-26-52(50)58(56)59-53-27-19-17-25-51(53)55(41-57(59)63)62(44-22-14-11-15-23-44)46-34-38-49(39-35-46)65(7,8)9/h10-41H,1-9H3. The zero-order chi connectivity index (χ0) is 45.3. The van der Waals surface area contributed by atoms with Crippen molar-refractivity contribution in [2.45, 2.75) is 65.5 Å². The van der Waals surface area contributed by atoms with E-state index in [2.05, 4.69) is 269 Å². The van der Waals surface area contributed by atoms with E-state index in [4.69, 9.17) is 0 Å². The van der Waals surface area contributed by atoms with Gasteiger partial charge in [0.25, 0.3) is 0 Å². The number of para-hydroxylation sites is 2. The summed E-state index contributed by atoms with van der Waals surface area (Å²) in [6.45, 7) is 21.4. The average Bonchev–Trinajstić information content (AvgIpc) is 3.64. The fourth-order valence-corrected chi connectivity index (χ4v) is 12.0. The maximum absolute atomic E-state index is 2.54. The maximum Gasteiger partial charge on any atom is 0.0775 e. The highest BCUT2D eigenvalue weighted by Crippen LogP contribution is 2.50. The third-order valence-corrected chi connectivity index (χ3v) is 17.4. The lowest BCUT2D eigenvalue weighted by molar-refractivity contribution is 0.590. The van der Waals surface area contributed by atoms with Gasteiger partial charge in [-0.3, -0.25) is 0 Å². The minimum absolute atomic E-state index is 0.0223. The molecule has 0 saturated heterocycles. The molecule has 322 valence electrons. The SMILES string of the molecule is CC(C)(C)c1ccc(-n2c3cc(N(c4ccccc4)c4ccc([Si](C)(C)C)cc4)c4ccccc4c3c3c4ccccc4c(N(c4ccccc4)c4ccc([Si](C)(C)C)cc4)cc32)cc1. The molecule has 0 unspecified atom stereocenters. The molecule has 10 aromatic rings. The van der Waals surface area contributed by atoms with Gasteiger partial charge in [0, 0.05) is 50.0 Å². The molecule has 0 fully saturated rings. The number of benzene rings is 9. The molecule has 0 spiro atoms. The van der Waals surface area contributed by atoms with E-state index in [0.29, 0.717) is 0 Å². The molecule has 0 N–H and O–H groups in total. The lowest BCUT2D eigenvalue weighted by Gasteiger charge is -2.28. The van der Waals surface area contributed by atoms with E-state index >= 15 is 0 Å². The largest absolute Gasteiger partial charge is 0.310 e. The quantitative estimate of drug-likeness (QED) is 0.134. The molecule has 5 heteroatoms. The van der Waals surface area contributed by atoms with Gasteiger partial charge in [-0.25, -0.2) is 0 Å². The van der Waals surface area contributed by atoms with Gasteiger partial charge < -0.3 is 14.4 Å². The Labute approximate surface area is 387 Å². The van der Waals surface area contributed by atoms with Gasteiger partial charge in [0.15, 0.2) is 0 Å². The Morgan fingerprint density at radius 1 is 0.369 bits per heavy atom. The van der Waals surface area contributed by atoms with Crippen molar-refractivity contribution in [1.29, 1.82) is 0 Å². The summed E-state index contributed by atoms with van der Waals surface area (Å²) in [6, 6.07) is 72.9. The van der Waals surface area contributed by atoms with E-state index < -0.39 is 16.1 Å². The Balaban J connectivity index is 1.34. The summed E-state index contributed by atoms with van der Waals surface area (Å²) < 4.78 is 2.54. The van der Waals surface area contributed by atoms with Crippen LogP contribution in [0.2, 0.25) is 39.3 Å². The lowest BCUT2D eigenvalue weighted by Crippen LogP contribution is -2.37. The lowest BCUT2D eigenvalue weighted by atomic mass is 9.87. The Hall–Kier alpha value is -6.67. The fraction of sp³-hybridized carbons (Fsp3) is 0.167. The van der Waals surface area contributed by atoms with Crippen molar-refractivity contribution in [3.8, 4) is 5.69 Å². The summed E-state index contributed by atoms with van der Waals surface area (Å²) in [5.41, 5.74) is 11.6. The predicted molar refractivity (Wildman–Crippen MR) is 290 cm³/mol. The smallest absolute Gasteiger partial charge is 0.0775 e. The maximum atomic E-state index is 2.54. The molecule has 1 aromatic heterocycles. The number of hydrogen-bond donors (Lipinski definition) is 0. The summed E-state index contributed by atoms with van der Waals surface area (Å²) in [5.74, 6) is 0. The van der Waals surface area contributed by atoms with Crippen LogP contribution in [0, 0.1) is 0 Å². The summed E-state index contributed by atoms with van der Waals surface area (Å²) >= 11 is 0. The van der Waals surface area contributed by atoms with Crippen LogP contribution in [-0.4, -0.2) is 20.7 Å². The number of fused-ring (bicyclic) bond motifs is 7. The fourth-order valence-electron chi connectivity index (χ4n) is 9.68. The zero-order valence-electron chi connectivity index (χ0n) is 39.3. The first-order valence-corrected chi connectivity index (χ1v) is 30.1. The van der Waals surface area contributed by atoms with Gasteiger partial charge in [-0.1, -0.05) is 192 Å². The van der Waals surface area contributed by atoms with Gasteiger partial charge in [-0.15, -0.1) is 0 Å². The zero-order valence-corrected chi connectivity index (χ0v) is 41.3. The second kappa shape index (κ2) is 16.1. The van der Waals surface area contributed by atoms with E-state index in [0.717, 1.165) is 39.8 Å². The van der Waals surface area contributed by atoms with Gasteiger partial charge in [0.1, 0.15) is 0 Å². The third-order valence-electron chi connectivity index (χ3n) is 13.2. The van der Waals surface area contributed by atoms with Crippen molar-refractivity contribution in [2.24, 2.45) is 0 Å². The van der Waals surface area contributed by atoms with Crippen LogP contribution in [-0.2, 0) is 5.41 Å². The molecule has 0 radical (unpaired) electrons. The van der Waals surface area contributed by atoms with E-state index in [1.54, 1.807) is 0 Å². The van der Waals surface area contributed by atoms with E-state index in [1.807, 2.05) is 0 Å². The van der Waals surface area contributed by atoms with E-state index in [-0.39, 0.29) is 5.41 Å².